The molecule has 27 heavy (non-hydrogen) atoms. The number of esters is 2. The van der Waals surface area contributed by atoms with Gasteiger partial charge in [-0.1, -0.05) is 67.5 Å². The van der Waals surface area contributed by atoms with E-state index in [1.807, 2.05) is 41.5 Å². The molecule has 1 fully saturated rings. The molecule has 0 N–H and O–H groups in total. The Bertz CT molecular complexity index is 555. The molecule has 0 aromatic heterocycles. The van der Waals surface area contributed by atoms with Crippen LogP contribution in [0.2, 0.25) is 0 Å². The first-order chi connectivity index (χ1) is 12.3. The molecule has 0 spiro atoms. The lowest BCUT2D eigenvalue weighted by Gasteiger charge is -2.36. The zero-order valence-electron chi connectivity index (χ0n) is 18.5. The fourth-order valence-corrected chi connectivity index (χ4v) is 4.58. The molecule has 2 aliphatic rings. The number of hydrogen-bond donors (Lipinski definition) is 0. The minimum absolute atomic E-state index is 0.104. The predicted molar refractivity (Wildman–Crippen MR) is 107 cm³/mol. The summed E-state index contributed by atoms with van der Waals surface area (Å²) in [4.78, 5) is 26.3. The number of hydrogen-bond acceptors (Lipinski definition) is 4. The summed E-state index contributed by atoms with van der Waals surface area (Å²) >= 11 is 0. The molecule has 0 aliphatic heterocycles. The van der Waals surface area contributed by atoms with Crippen LogP contribution in [0.3, 0.4) is 0 Å². The van der Waals surface area contributed by atoms with Crippen LogP contribution in [0.15, 0.2) is 12.2 Å². The summed E-state index contributed by atoms with van der Waals surface area (Å²) in [6.07, 6.45) is 6.82. The monoisotopic (exact) mass is 378 g/mol. The van der Waals surface area contributed by atoms with Gasteiger partial charge in [-0.15, -0.1) is 0 Å². The van der Waals surface area contributed by atoms with E-state index < -0.39 is 11.8 Å². The number of allylic oxidation sites excluding steroid dienone is 2. The van der Waals surface area contributed by atoms with E-state index in [1.54, 1.807) is 0 Å². The van der Waals surface area contributed by atoms with E-state index in [4.69, 9.17) is 9.47 Å². The van der Waals surface area contributed by atoms with Crippen molar-refractivity contribution in [3.8, 4) is 0 Å². The molecule has 0 heterocycles. The molecule has 4 nitrogen and oxygen atoms in total. The lowest BCUT2D eigenvalue weighted by Crippen LogP contribution is -2.43. The van der Waals surface area contributed by atoms with Gasteiger partial charge in [0.1, 0.15) is 0 Å². The third-order valence-corrected chi connectivity index (χ3v) is 6.10. The van der Waals surface area contributed by atoms with Gasteiger partial charge in [0.2, 0.25) is 0 Å². The number of fused-ring (bicyclic) bond motifs is 2. The van der Waals surface area contributed by atoms with Crippen LogP contribution in [0.1, 0.15) is 74.7 Å². The summed E-state index contributed by atoms with van der Waals surface area (Å²) < 4.78 is 11.4. The van der Waals surface area contributed by atoms with E-state index in [-0.39, 0.29) is 33.6 Å². The quantitative estimate of drug-likeness (QED) is 0.473. The second kappa shape index (κ2) is 7.25. The van der Waals surface area contributed by atoms with Crippen molar-refractivity contribution in [1.29, 1.82) is 0 Å². The Kier molecular flexibility index (Phi) is 5.90. The lowest BCUT2D eigenvalue weighted by molar-refractivity contribution is -0.168. The number of carbonyl (C=O) groups is 2. The van der Waals surface area contributed by atoms with Crippen molar-refractivity contribution in [1.82, 2.24) is 0 Å². The third kappa shape index (κ3) is 4.41. The average molecular weight is 379 g/mol. The molecule has 0 aromatic rings. The highest BCUT2D eigenvalue weighted by molar-refractivity contribution is 5.86. The van der Waals surface area contributed by atoms with Crippen LogP contribution < -0.4 is 0 Å². The van der Waals surface area contributed by atoms with E-state index in [2.05, 4.69) is 26.0 Å². The molecule has 1 saturated carbocycles. The molecule has 0 radical (unpaired) electrons. The summed E-state index contributed by atoms with van der Waals surface area (Å²) in [6, 6.07) is 0. The van der Waals surface area contributed by atoms with Crippen molar-refractivity contribution in [2.24, 2.45) is 33.5 Å². The van der Waals surface area contributed by atoms with Gasteiger partial charge in [-0.25, -0.2) is 0 Å². The van der Waals surface area contributed by atoms with Gasteiger partial charge in [0.15, 0.2) is 0 Å². The first-order valence-electron chi connectivity index (χ1n) is 10.3. The lowest BCUT2D eigenvalue weighted by atomic mass is 9.68. The van der Waals surface area contributed by atoms with E-state index >= 15 is 0 Å². The Balaban J connectivity index is 2.32. The van der Waals surface area contributed by atoms with Crippen LogP contribution in [0, 0.1) is 33.5 Å². The number of ether oxygens (including phenoxy) is 2. The van der Waals surface area contributed by atoms with Crippen LogP contribution in [-0.2, 0) is 19.1 Å². The molecule has 4 unspecified atom stereocenters. The van der Waals surface area contributed by atoms with E-state index in [9.17, 15) is 9.59 Å². The molecule has 4 atom stereocenters. The summed E-state index contributed by atoms with van der Waals surface area (Å²) in [5, 5.41) is 0. The maximum Gasteiger partial charge on any atom is 0.310 e. The third-order valence-electron chi connectivity index (χ3n) is 6.10. The van der Waals surface area contributed by atoms with E-state index in [0.29, 0.717) is 13.2 Å². The molecule has 0 amide bonds. The second-order valence-corrected chi connectivity index (χ2v) is 11.0. The highest BCUT2D eigenvalue weighted by Crippen LogP contribution is 2.66. The van der Waals surface area contributed by atoms with Crippen LogP contribution in [0.25, 0.3) is 0 Å². The van der Waals surface area contributed by atoms with Crippen molar-refractivity contribution in [3.05, 3.63) is 12.2 Å². The van der Waals surface area contributed by atoms with E-state index in [1.165, 1.54) is 0 Å². The molecule has 4 heteroatoms. The molecule has 2 rings (SSSR count). The first-order valence-corrected chi connectivity index (χ1v) is 10.3. The molecule has 2 bridgehead atoms. The van der Waals surface area contributed by atoms with E-state index in [0.717, 1.165) is 19.3 Å². The van der Waals surface area contributed by atoms with Crippen LogP contribution in [0.4, 0.5) is 0 Å². The zero-order valence-corrected chi connectivity index (χ0v) is 18.5. The Hall–Kier alpha value is -1.32. The van der Waals surface area contributed by atoms with Crippen molar-refractivity contribution >= 4 is 11.9 Å². The van der Waals surface area contributed by atoms with Gasteiger partial charge in [-0.2, -0.15) is 0 Å². The van der Waals surface area contributed by atoms with Gasteiger partial charge >= 0.3 is 11.9 Å². The molecule has 0 aromatic carbocycles. The highest BCUT2D eigenvalue weighted by atomic mass is 16.5. The zero-order chi connectivity index (χ0) is 20.7. The molecule has 0 saturated heterocycles. The smallest absolute Gasteiger partial charge is 0.310 e. The Morgan fingerprint density at radius 3 is 1.41 bits per heavy atom. The number of rotatable bonds is 6. The minimum atomic E-state index is -0.456. The average Bonchev–Trinajstić information content (AvgIpc) is 3.09. The summed E-state index contributed by atoms with van der Waals surface area (Å²) in [5.41, 5.74) is -0.798. The van der Waals surface area contributed by atoms with Crippen molar-refractivity contribution in [2.45, 2.75) is 74.7 Å². The largest absolute Gasteiger partial charge is 0.465 e. The van der Waals surface area contributed by atoms with Gasteiger partial charge in [0.05, 0.1) is 25.0 Å². The van der Waals surface area contributed by atoms with Crippen LogP contribution in [0.5, 0.6) is 0 Å². The Morgan fingerprint density at radius 2 is 1.15 bits per heavy atom. The van der Waals surface area contributed by atoms with Crippen molar-refractivity contribution in [2.75, 3.05) is 13.2 Å². The fourth-order valence-electron chi connectivity index (χ4n) is 4.58. The topological polar surface area (TPSA) is 52.6 Å². The number of carbonyl (C=O) groups excluding carboxylic acids is 2. The van der Waals surface area contributed by atoms with Crippen LogP contribution in [-0.4, -0.2) is 25.2 Å². The molecular weight excluding hydrogens is 340 g/mol. The van der Waals surface area contributed by atoms with Crippen molar-refractivity contribution < 1.29 is 19.1 Å². The standard InChI is InChI=1S/C23H38O4/c1-9-22-11-12-23(10-2,13-22)17(19(25)27-15-21(6,7)8)16(22)18(24)26-14-20(3,4)5/h11-12,16-17H,9-10,13-15H2,1-8H3. The van der Waals surface area contributed by atoms with Gasteiger partial charge in [0.25, 0.3) is 0 Å². The predicted octanol–water partition coefficient (Wildman–Crippen LogP) is 5.16. The summed E-state index contributed by atoms with van der Waals surface area (Å²) in [6.45, 7) is 17.2. The van der Waals surface area contributed by atoms with Gasteiger partial charge < -0.3 is 9.47 Å². The Morgan fingerprint density at radius 1 is 0.815 bits per heavy atom. The SMILES string of the molecule is CCC12C=CC(CC)(C1)C(C(=O)OCC(C)(C)C)C2C(=O)OCC(C)(C)C. The van der Waals surface area contributed by atoms with Crippen LogP contribution >= 0.6 is 0 Å². The van der Waals surface area contributed by atoms with Gasteiger partial charge in [-0.3, -0.25) is 9.59 Å². The second-order valence-electron chi connectivity index (χ2n) is 11.0. The molecule has 2 aliphatic carbocycles. The molecular formula is C23H38O4. The van der Waals surface area contributed by atoms with Gasteiger partial charge in [-0.05, 0) is 30.1 Å². The van der Waals surface area contributed by atoms with Gasteiger partial charge in [0, 0.05) is 10.8 Å². The molecule has 154 valence electrons. The fraction of sp³-hybridized carbons (Fsp3) is 0.826. The normalized spacial score (nSPS) is 32.6. The first kappa shape index (κ1) is 22.0. The van der Waals surface area contributed by atoms with Crippen molar-refractivity contribution in [3.63, 3.8) is 0 Å². The summed E-state index contributed by atoms with van der Waals surface area (Å²) in [5.74, 6) is -1.40. The minimum Gasteiger partial charge on any atom is -0.465 e. The highest BCUT2D eigenvalue weighted by Gasteiger charge is 2.66. The summed E-state index contributed by atoms with van der Waals surface area (Å²) in [7, 11) is 0. The maximum atomic E-state index is 13.2. The Labute approximate surface area is 165 Å². The maximum absolute atomic E-state index is 13.2.